The third-order valence-corrected chi connectivity index (χ3v) is 2.59. The zero-order chi connectivity index (χ0) is 14.1. The molecule has 6 heteroatoms. The molecule has 1 aromatic rings. The summed E-state index contributed by atoms with van der Waals surface area (Å²) in [5.74, 6) is -0.313. The van der Waals surface area contributed by atoms with Gasteiger partial charge in [0.15, 0.2) is 0 Å². The Labute approximate surface area is 117 Å². The van der Waals surface area contributed by atoms with E-state index in [0.29, 0.717) is 36.7 Å². The van der Waals surface area contributed by atoms with Crippen molar-refractivity contribution in [2.45, 2.75) is 6.42 Å². The van der Waals surface area contributed by atoms with Crippen molar-refractivity contribution >= 4 is 23.4 Å². The van der Waals surface area contributed by atoms with Gasteiger partial charge >= 0.3 is 0 Å². The fourth-order valence-corrected chi connectivity index (χ4v) is 1.58. The molecule has 0 saturated heterocycles. The zero-order valence-electron chi connectivity index (χ0n) is 10.7. The monoisotopic (exact) mass is 284 g/mol. The minimum absolute atomic E-state index is 0.0983. The summed E-state index contributed by atoms with van der Waals surface area (Å²) in [4.78, 5) is 23.0. The maximum atomic E-state index is 11.7. The van der Waals surface area contributed by atoms with Gasteiger partial charge in [0.1, 0.15) is 0 Å². The topological polar surface area (TPSA) is 67.4 Å². The molecular formula is C13H17ClN2O3. The Morgan fingerprint density at radius 2 is 2.00 bits per heavy atom. The predicted octanol–water partition coefficient (Wildman–Crippen LogP) is 1.22. The highest BCUT2D eigenvalue weighted by Gasteiger charge is 2.05. The molecule has 0 radical (unpaired) electrons. The van der Waals surface area contributed by atoms with Gasteiger partial charge in [-0.1, -0.05) is 17.7 Å². The largest absolute Gasteiger partial charge is 0.384 e. The van der Waals surface area contributed by atoms with Crippen LogP contribution in [-0.4, -0.2) is 38.6 Å². The summed E-state index contributed by atoms with van der Waals surface area (Å²) in [6.07, 6.45) is 0.318. The van der Waals surface area contributed by atoms with Crippen LogP contribution in [0.4, 0.5) is 0 Å². The van der Waals surface area contributed by atoms with Crippen molar-refractivity contribution in [2.75, 3.05) is 26.8 Å². The second-order valence-corrected chi connectivity index (χ2v) is 4.30. The van der Waals surface area contributed by atoms with Gasteiger partial charge in [-0.15, -0.1) is 0 Å². The van der Waals surface area contributed by atoms with Crippen LogP contribution in [0, 0.1) is 0 Å². The third-order valence-electron chi connectivity index (χ3n) is 2.35. The highest BCUT2D eigenvalue weighted by atomic mass is 35.5. The molecule has 0 unspecified atom stereocenters. The number of carbonyl (C=O) groups excluding carboxylic acids is 2. The van der Waals surface area contributed by atoms with Crippen LogP contribution in [0.25, 0.3) is 0 Å². The summed E-state index contributed by atoms with van der Waals surface area (Å²) >= 11 is 5.79. The fraction of sp³-hybridized carbons (Fsp3) is 0.385. The molecule has 0 heterocycles. The quantitative estimate of drug-likeness (QED) is 0.740. The van der Waals surface area contributed by atoms with Crippen molar-refractivity contribution in [3.8, 4) is 0 Å². The second-order valence-electron chi connectivity index (χ2n) is 3.86. The Bertz CT molecular complexity index is 438. The summed E-state index contributed by atoms with van der Waals surface area (Å²) in [6, 6.07) is 6.69. The SMILES string of the molecule is COCCC(=O)NCCNC(=O)c1cccc(Cl)c1. The van der Waals surface area contributed by atoms with E-state index in [1.165, 1.54) is 0 Å². The summed E-state index contributed by atoms with van der Waals surface area (Å²) < 4.78 is 4.78. The molecule has 104 valence electrons. The van der Waals surface area contributed by atoms with Crippen LogP contribution in [0.1, 0.15) is 16.8 Å². The number of benzene rings is 1. The normalized spacial score (nSPS) is 10.0. The molecule has 5 nitrogen and oxygen atoms in total. The molecule has 0 spiro atoms. The Morgan fingerprint density at radius 1 is 1.26 bits per heavy atom. The van der Waals surface area contributed by atoms with E-state index in [1.807, 2.05) is 0 Å². The molecule has 19 heavy (non-hydrogen) atoms. The average Bonchev–Trinajstić information content (AvgIpc) is 2.41. The lowest BCUT2D eigenvalue weighted by atomic mass is 10.2. The van der Waals surface area contributed by atoms with Crippen molar-refractivity contribution in [1.29, 1.82) is 0 Å². The van der Waals surface area contributed by atoms with Gasteiger partial charge in [0, 0.05) is 37.2 Å². The van der Waals surface area contributed by atoms with Crippen molar-refractivity contribution in [1.82, 2.24) is 10.6 Å². The number of halogens is 1. The van der Waals surface area contributed by atoms with Gasteiger partial charge in [-0.3, -0.25) is 9.59 Å². The Kier molecular flexibility index (Phi) is 6.92. The highest BCUT2D eigenvalue weighted by molar-refractivity contribution is 6.30. The summed E-state index contributed by atoms with van der Waals surface area (Å²) in [5, 5.41) is 5.88. The molecule has 0 aliphatic rings. The minimum atomic E-state index is -0.214. The van der Waals surface area contributed by atoms with E-state index in [0.717, 1.165) is 0 Å². The lowest BCUT2D eigenvalue weighted by molar-refractivity contribution is -0.121. The number of rotatable bonds is 7. The second kappa shape index (κ2) is 8.50. The molecule has 0 atom stereocenters. The van der Waals surface area contributed by atoms with Gasteiger partial charge in [0.2, 0.25) is 5.91 Å². The standard InChI is InChI=1S/C13H17ClN2O3/c1-19-8-5-12(17)15-6-7-16-13(18)10-3-2-4-11(14)9-10/h2-4,9H,5-8H2,1H3,(H,15,17)(H,16,18). The van der Waals surface area contributed by atoms with Gasteiger partial charge in [-0.2, -0.15) is 0 Å². The van der Waals surface area contributed by atoms with Crippen molar-refractivity contribution in [3.05, 3.63) is 34.9 Å². The lowest BCUT2D eigenvalue weighted by Crippen LogP contribution is -2.34. The van der Waals surface area contributed by atoms with Crippen LogP contribution in [0.5, 0.6) is 0 Å². The fourth-order valence-electron chi connectivity index (χ4n) is 1.39. The number of carbonyl (C=O) groups is 2. The third kappa shape index (κ3) is 6.22. The molecule has 2 amide bonds. The van der Waals surface area contributed by atoms with E-state index in [1.54, 1.807) is 31.4 Å². The van der Waals surface area contributed by atoms with E-state index in [-0.39, 0.29) is 11.8 Å². The molecule has 0 aliphatic carbocycles. The van der Waals surface area contributed by atoms with Gasteiger partial charge in [0.25, 0.3) is 5.91 Å². The van der Waals surface area contributed by atoms with Gasteiger partial charge in [0.05, 0.1) is 6.61 Å². The number of nitrogens with one attached hydrogen (secondary N) is 2. The van der Waals surface area contributed by atoms with E-state index in [2.05, 4.69) is 10.6 Å². The Balaban J connectivity index is 2.22. The van der Waals surface area contributed by atoms with Crippen molar-refractivity contribution < 1.29 is 14.3 Å². The molecule has 0 saturated carbocycles. The first-order chi connectivity index (χ1) is 9.13. The van der Waals surface area contributed by atoms with Gasteiger partial charge in [-0.05, 0) is 18.2 Å². The molecule has 0 bridgehead atoms. The molecular weight excluding hydrogens is 268 g/mol. The van der Waals surface area contributed by atoms with Gasteiger partial charge in [-0.25, -0.2) is 0 Å². The van der Waals surface area contributed by atoms with E-state index < -0.39 is 0 Å². The lowest BCUT2D eigenvalue weighted by Gasteiger charge is -2.07. The van der Waals surface area contributed by atoms with E-state index in [4.69, 9.17) is 16.3 Å². The van der Waals surface area contributed by atoms with Crippen LogP contribution < -0.4 is 10.6 Å². The Morgan fingerprint density at radius 3 is 2.68 bits per heavy atom. The number of amides is 2. The number of methoxy groups -OCH3 is 1. The Hall–Kier alpha value is -1.59. The molecule has 1 rings (SSSR count). The molecule has 2 N–H and O–H groups in total. The predicted molar refractivity (Wildman–Crippen MR) is 73.3 cm³/mol. The molecule has 0 aromatic heterocycles. The van der Waals surface area contributed by atoms with Crippen LogP contribution in [-0.2, 0) is 9.53 Å². The minimum Gasteiger partial charge on any atom is -0.384 e. The van der Waals surface area contributed by atoms with Crippen molar-refractivity contribution in [2.24, 2.45) is 0 Å². The van der Waals surface area contributed by atoms with E-state index in [9.17, 15) is 9.59 Å². The average molecular weight is 285 g/mol. The molecule has 0 fully saturated rings. The first kappa shape index (κ1) is 15.5. The zero-order valence-corrected chi connectivity index (χ0v) is 11.5. The molecule has 1 aromatic carbocycles. The maximum Gasteiger partial charge on any atom is 0.251 e. The number of hydrogen-bond donors (Lipinski definition) is 2. The van der Waals surface area contributed by atoms with E-state index >= 15 is 0 Å². The summed E-state index contributed by atoms with van der Waals surface area (Å²) in [5.41, 5.74) is 0.498. The first-order valence-electron chi connectivity index (χ1n) is 5.93. The number of hydrogen-bond acceptors (Lipinski definition) is 3. The van der Waals surface area contributed by atoms with Crippen LogP contribution >= 0.6 is 11.6 Å². The summed E-state index contributed by atoms with van der Waals surface area (Å²) in [6.45, 7) is 1.14. The van der Waals surface area contributed by atoms with Gasteiger partial charge < -0.3 is 15.4 Å². The maximum absolute atomic E-state index is 11.7. The van der Waals surface area contributed by atoms with Crippen molar-refractivity contribution in [3.63, 3.8) is 0 Å². The molecule has 0 aliphatic heterocycles. The smallest absolute Gasteiger partial charge is 0.251 e. The van der Waals surface area contributed by atoms with Crippen LogP contribution in [0.3, 0.4) is 0 Å². The van der Waals surface area contributed by atoms with Crippen LogP contribution in [0.15, 0.2) is 24.3 Å². The van der Waals surface area contributed by atoms with Crippen LogP contribution in [0.2, 0.25) is 5.02 Å². The summed E-state index contributed by atoms with van der Waals surface area (Å²) in [7, 11) is 1.54. The highest BCUT2D eigenvalue weighted by Crippen LogP contribution is 2.10. The number of ether oxygens (including phenoxy) is 1. The first-order valence-corrected chi connectivity index (χ1v) is 6.30.